The molecule has 0 aliphatic rings. The molecule has 0 aliphatic heterocycles. The van der Waals surface area contributed by atoms with E-state index in [0.29, 0.717) is 11.5 Å². The zero-order valence-corrected chi connectivity index (χ0v) is 14.6. The van der Waals surface area contributed by atoms with E-state index in [1.807, 2.05) is 37.3 Å². The van der Waals surface area contributed by atoms with Crippen LogP contribution in [0.3, 0.4) is 0 Å². The van der Waals surface area contributed by atoms with Crippen molar-refractivity contribution in [2.24, 2.45) is 0 Å². The van der Waals surface area contributed by atoms with E-state index in [9.17, 15) is 8.42 Å². The van der Waals surface area contributed by atoms with E-state index < -0.39 is 10.0 Å². The summed E-state index contributed by atoms with van der Waals surface area (Å²) in [6, 6.07) is 13.1. The summed E-state index contributed by atoms with van der Waals surface area (Å²) in [5.74, 6) is 0.806. The minimum Gasteiger partial charge on any atom is -0.492 e. The standard InChI is InChI=1S/C18H23NO3S/c1-4-16-7-5-6-8-17(16)22-12-11-19-23(20,21)18-10-9-14(2)13-15(18)3/h5-10,13,19H,4,11-12H2,1-3H3. The molecular weight excluding hydrogens is 310 g/mol. The molecule has 0 heterocycles. The van der Waals surface area contributed by atoms with Crippen molar-refractivity contribution in [1.29, 1.82) is 0 Å². The Bertz CT molecular complexity index is 770. The maximum atomic E-state index is 12.3. The molecule has 0 bridgehead atoms. The molecule has 0 radical (unpaired) electrons. The molecular formula is C18H23NO3S. The van der Waals surface area contributed by atoms with E-state index in [2.05, 4.69) is 11.6 Å². The van der Waals surface area contributed by atoms with Crippen molar-refractivity contribution in [2.45, 2.75) is 32.1 Å². The first kappa shape index (κ1) is 17.5. The lowest BCUT2D eigenvalue weighted by molar-refractivity contribution is 0.320. The molecule has 23 heavy (non-hydrogen) atoms. The van der Waals surface area contributed by atoms with E-state index in [0.717, 1.165) is 28.9 Å². The van der Waals surface area contributed by atoms with Crippen molar-refractivity contribution in [1.82, 2.24) is 4.72 Å². The highest BCUT2D eigenvalue weighted by molar-refractivity contribution is 7.89. The second-order valence-electron chi connectivity index (χ2n) is 5.48. The summed E-state index contributed by atoms with van der Waals surface area (Å²) in [5, 5.41) is 0. The number of sulfonamides is 1. The Morgan fingerprint density at radius 1 is 1.09 bits per heavy atom. The predicted molar refractivity (Wildman–Crippen MR) is 92.4 cm³/mol. The van der Waals surface area contributed by atoms with Gasteiger partial charge >= 0.3 is 0 Å². The van der Waals surface area contributed by atoms with Crippen molar-refractivity contribution < 1.29 is 13.2 Å². The third kappa shape index (κ3) is 4.56. The third-order valence-electron chi connectivity index (χ3n) is 3.63. The molecule has 5 heteroatoms. The van der Waals surface area contributed by atoms with Gasteiger partial charge in [0.25, 0.3) is 0 Å². The summed E-state index contributed by atoms with van der Waals surface area (Å²) in [4.78, 5) is 0.317. The van der Waals surface area contributed by atoms with Gasteiger partial charge in [0.15, 0.2) is 0 Å². The highest BCUT2D eigenvalue weighted by Gasteiger charge is 2.16. The number of rotatable bonds is 7. The Morgan fingerprint density at radius 3 is 2.52 bits per heavy atom. The van der Waals surface area contributed by atoms with Crippen LogP contribution in [-0.2, 0) is 16.4 Å². The maximum Gasteiger partial charge on any atom is 0.240 e. The number of para-hydroxylation sites is 1. The number of hydrogen-bond donors (Lipinski definition) is 1. The summed E-state index contributed by atoms with van der Waals surface area (Å²) >= 11 is 0. The van der Waals surface area contributed by atoms with Crippen LogP contribution in [0.2, 0.25) is 0 Å². The first-order chi connectivity index (χ1) is 10.9. The molecule has 1 N–H and O–H groups in total. The zero-order chi connectivity index (χ0) is 16.9. The fourth-order valence-electron chi connectivity index (χ4n) is 2.45. The van der Waals surface area contributed by atoms with Crippen LogP contribution in [0.15, 0.2) is 47.4 Å². The van der Waals surface area contributed by atoms with Crippen LogP contribution >= 0.6 is 0 Å². The monoisotopic (exact) mass is 333 g/mol. The van der Waals surface area contributed by atoms with Gasteiger partial charge in [-0.05, 0) is 43.5 Å². The average Bonchev–Trinajstić information content (AvgIpc) is 2.51. The normalized spacial score (nSPS) is 11.4. The molecule has 0 aromatic heterocycles. The summed E-state index contributed by atoms with van der Waals surface area (Å²) in [6.07, 6.45) is 0.879. The van der Waals surface area contributed by atoms with Crippen molar-refractivity contribution in [3.63, 3.8) is 0 Å². The minimum atomic E-state index is -3.51. The summed E-state index contributed by atoms with van der Waals surface area (Å²) in [7, 11) is -3.51. The highest BCUT2D eigenvalue weighted by atomic mass is 32.2. The van der Waals surface area contributed by atoms with Crippen LogP contribution in [-0.4, -0.2) is 21.6 Å². The van der Waals surface area contributed by atoms with Gasteiger partial charge in [-0.25, -0.2) is 13.1 Å². The van der Waals surface area contributed by atoms with Gasteiger partial charge in [0.05, 0.1) is 4.90 Å². The van der Waals surface area contributed by atoms with Gasteiger partial charge in [-0.15, -0.1) is 0 Å². The van der Waals surface area contributed by atoms with Crippen LogP contribution in [0.1, 0.15) is 23.6 Å². The van der Waals surface area contributed by atoms with Crippen LogP contribution in [0.4, 0.5) is 0 Å². The molecule has 124 valence electrons. The molecule has 4 nitrogen and oxygen atoms in total. The second kappa shape index (κ2) is 7.62. The fourth-order valence-corrected chi connectivity index (χ4v) is 3.69. The molecule has 2 rings (SSSR count). The molecule has 0 saturated carbocycles. The minimum absolute atomic E-state index is 0.230. The van der Waals surface area contributed by atoms with E-state index in [1.165, 1.54) is 0 Å². The van der Waals surface area contributed by atoms with Crippen molar-refractivity contribution in [3.05, 3.63) is 59.2 Å². The summed E-state index contributed by atoms with van der Waals surface area (Å²) in [5.41, 5.74) is 2.90. The van der Waals surface area contributed by atoms with Gasteiger partial charge < -0.3 is 4.74 Å². The second-order valence-corrected chi connectivity index (χ2v) is 7.21. The smallest absolute Gasteiger partial charge is 0.240 e. The quantitative estimate of drug-likeness (QED) is 0.792. The van der Waals surface area contributed by atoms with Crippen LogP contribution in [0.5, 0.6) is 5.75 Å². The largest absolute Gasteiger partial charge is 0.492 e. The van der Waals surface area contributed by atoms with Crippen LogP contribution in [0.25, 0.3) is 0 Å². The number of hydrogen-bond acceptors (Lipinski definition) is 3. The number of nitrogens with one attached hydrogen (secondary N) is 1. The number of aryl methyl sites for hydroxylation is 3. The molecule has 0 saturated heterocycles. The van der Waals surface area contributed by atoms with E-state index in [-0.39, 0.29) is 6.54 Å². The molecule has 2 aromatic rings. The first-order valence-electron chi connectivity index (χ1n) is 7.71. The lowest BCUT2D eigenvalue weighted by atomic mass is 10.1. The molecule has 0 unspecified atom stereocenters. The maximum absolute atomic E-state index is 12.3. The van der Waals surface area contributed by atoms with Gasteiger partial charge in [0.1, 0.15) is 12.4 Å². The lowest BCUT2D eigenvalue weighted by Crippen LogP contribution is -2.28. The Kier molecular flexibility index (Phi) is 5.80. The van der Waals surface area contributed by atoms with Crippen molar-refractivity contribution >= 4 is 10.0 Å². The van der Waals surface area contributed by atoms with Gasteiger partial charge in [-0.1, -0.05) is 42.8 Å². The van der Waals surface area contributed by atoms with E-state index in [4.69, 9.17) is 4.74 Å². The number of ether oxygens (including phenoxy) is 1. The van der Waals surface area contributed by atoms with Crippen LogP contribution < -0.4 is 9.46 Å². The molecule has 0 fully saturated rings. The highest BCUT2D eigenvalue weighted by Crippen LogP contribution is 2.18. The predicted octanol–water partition coefficient (Wildman–Crippen LogP) is 3.22. The molecule has 0 spiro atoms. The van der Waals surface area contributed by atoms with Crippen molar-refractivity contribution in [2.75, 3.05) is 13.2 Å². The Hall–Kier alpha value is -1.85. The Labute approximate surface area is 138 Å². The van der Waals surface area contributed by atoms with Gasteiger partial charge in [0.2, 0.25) is 10.0 Å². The lowest BCUT2D eigenvalue weighted by Gasteiger charge is -2.12. The first-order valence-corrected chi connectivity index (χ1v) is 9.20. The summed E-state index contributed by atoms with van der Waals surface area (Å²) in [6.45, 7) is 6.32. The zero-order valence-electron chi connectivity index (χ0n) is 13.8. The van der Waals surface area contributed by atoms with E-state index >= 15 is 0 Å². The summed E-state index contributed by atoms with van der Waals surface area (Å²) < 4.78 is 32.9. The van der Waals surface area contributed by atoms with Gasteiger partial charge in [-0.2, -0.15) is 0 Å². The van der Waals surface area contributed by atoms with Gasteiger partial charge in [-0.3, -0.25) is 0 Å². The molecule has 2 aromatic carbocycles. The van der Waals surface area contributed by atoms with E-state index in [1.54, 1.807) is 19.1 Å². The molecule has 0 atom stereocenters. The van der Waals surface area contributed by atoms with Crippen molar-refractivity contribution in [3.8, 4) is 5.75 Å². The Morgan fingerprint density at radius 2 is 1.83 bits per heavy atom. The molecule has 0 aliphatic carbocycles. The number of benzene rings is 2. The fraction of sp³-hybridized carbons (Fsp3) is 0.333. The Balaban J connectivity index is 1.95. The SMILES string of the molecule is CCc1ccccc1OCCNS(=O)(=O)c1ccc(C)cc1C. The topological polar surface area (TPSA) is 55.4 Å². The third-order valence-corrected chi connectivity index (χ3v) is 5.25. The van der Waals surface area contributed by atoms with Gasteiger partial charge in [0, 0.05) is 6.54 Å². The van der Waals surface area contributed by atoms with Crippen LogP contribution in [0, 0.1) is 13.8 Å². The molecule has 0 amide bonds. The average molecular weight is 333 g/mol.